The van der Waals surface area contributed by atoms with Gasteiger partial charge in [-0.2, -0.15) is 0 Å². The quantitative estimate of drug-likeness (QED) is 0.580. The van der Waals surface area contributed by atoms with Gasteiger partial charge < -0.3 is 24.6 Å². The van der Waals surface area contributed by atoms with Crippen LogP contribution in [0, 0.1) is 0 Å². The number of nitrogens with one attached hydrogen (secondary N) is 1. The highest BCUT2D eigenvalue weighted by Crippen LogP contribution is 2.18. The van der Waals surface area contributed by atoms with Crippen LogP contribution < -0.4 is 5.32 Å². The minimum Gasteiger partial charge on any atom is -0.376 e. The third kappa shape index (κ3) is 6.35. The minimum absolute atomic E-state index is 0.182. The number of hydrogen-bond donors (Lipinski definition) is 1. The fourth-order valence-corrected chi connectivity index (χ4v) is 4.16. The van der Waals surface area contributed by atoms with E-state index in [1.807, 2.05) is 4.90 Å². The molecule has 0 radical (unpaired) electrons. The van der Waals surface area contributed by atoms with Gasteiger partial charge in [0.2, 0.25) is 5.91 Å². The van der Waals surface area contributed by atoms with Crippen molar-refractivity contribution >= 4 is 11.9 Å². The summed E-state index contributed by atoms with van der Waals surface area (Å²) in [5, 5.41) is 3.26. The van der Waals surface area contributed by atoms with Gasteiger partial charge in [0.15, 0.2) is 5.96 Å². The molecule has 3 saturated heterocycles. The van der Waals surface area contributed by atoms with Gasteiger partial charge >= 0.3 is 0 Å². The van der Waals surface area contributed by atoms with Crippen LogP contribution in [0.25, 0.3) is 0 Å². The summed E-state index contributed by atoms with van der Waals surface area (Å²) in [7, 11) is 1.79. The van der Waals surface area contributed by atoms with Crippen LogP contribution in [0.15, 0.2) is 4.99 Å². The van der Waals surface area contributed by atoms with Crippen molar-refractivity contribution in [1.29, 1.82) is 0 Å². The number of hydrogen-bond acceptors (Lipinski definition) is 4. The van der Waals surface area contributed by atoms with Gasteiger partial charge in [-0.05, 0) is 51.4 Å². The number of rotatable bonds is 5. The van der Waals surface area contributed by atoms with Gasteiger partial charge in [-0.25, -0.2) is 0 Å². The Morgan fingerprint density at radius 3 is 2.48 bits per heavy atom. The van der Waals surface area contributed by atoms with E-state index in [1.54, 1.807) is 7.05 Å². The lowest BCUT2D eigenvalue weighted by atomic mass is 10.1. The SMILES string of the molecule is CN=C(NCC(=O)N1CCCCC1)N1CCC(OCC2CCCCO2)CC1. The van der Waals surface area contributed by atoms with E-state index >= 15 is 0 Å². The first-order chi connectivity index (χ1) is 13.3. The molecule has 1 atom stereocenters. The number of piperidine rings is 2. The van der Waals surface area contributed by atoms with Crippen LogP contribution in [0.3, 0.4) is 0 Å². The summed E-state index contributed by atoms with van der Waals surface area (Å²) >= 11 is 0. The Morgan fingerprint density at radius 1 is 1.04 bits per heavy atom. The summed E-state index contributed by atoms with van der Waals surface area (Å²) in [6, 6.07) is 0. The van der Waals surface area contributed by atoms with E-state index in [0.29, 0.717) is 12.6 Å². The molecule has 0 aromatic carbocycles. The molecule has 3 fully saturated rings. The van der Waals surface area contributed by atoms with E-state index in [4.69, 9.17) is 9.47 Å². The van der Waals surface area contributed by atoms with E-state index in [-0.39, 0.29) is 12.0 Å². The fourth-order valence-electron chi connectivity index (χ4n) is 4.16. The van der Waals surface area contributed by atoms with Crippen LogP contribution in [-0.4, -0.2) is 86.9 Å². The van der Waals surface area contributed by atoms with Gasteiger partial charge in [-0.3, -0.25) is 9.79 Å². The van der Waals surface area contributed by atoms with Crippen LogP contribution in [-0.2, 0) is 14.3 Å². The summed E-state index contributed by atoms with van der Waals surface area (Å²) < 4.78 is 11.8. The second kappa shape index (κ2) is 10.9. The Labute approximate surface area is 163 Å². The highest BCUT2D eigenvalue weighted by Gasteiger charge is 2.24. The molecule has 0 aliphatic carbocycles. The molecule has 0 bridgehead atoms. The molecular weight excluding hydrogens is 344 g/mol. The van der Waals surface area contributed by atoms with Crippen LogP contribution >= 0.6 is 0 Å². The van der Waals surface area contributed by atoms with Gasteiger partial charge in [0.25, 0.3) is 0 Å². The lowest BCUT2D eigenvalue weighted by molar-refractivity contribution is -0.130. The van der Waals surface area contributed by atoms with Crippen molar-refractivity contribution in [2.24, 2.45) is 4.99 Å². The Bertz CT molecular complexity index is 480. The maximum absolute atomic E-state index is 12.3. The molecule has 27 heavy (non-hydrogen) atoms. The third-order valence-corrected chi connectivity index (χ3v) is 5.85. The fraction of sp³-hybridized carbons (Fsp3) is 0.900. The summed E-state index contributed by atoms with van der Waals surface area (Å²) in [6.45, 7) is 5.55. The molecule has 1 amide bonds. The molecule has 3 aliphatic rings. The smallest absolute Gasteiger partial charge is 0.241 e. The highest BCUT2D eigenvalue weighted by atomic mass is 16.5. The van der Waals surface area contributed by atoms with Gasteiger partial charge in [0.1, 0.15) is 0 Å². The van der Waals surface area contributed by atoms with E-state index < -0.39 is 0 Å². The lowest BCUT2D eigenvalue weighted by Gasteiger charge is -2.35. The number of carbonyl (C=O) groups excluding carboxylic acids is 1. The molecule has 0 aromatic rings. The number of amides is 1. The molecule has 0 spiro atoms. The van der Waals surface area contributed by atoms with Crippen molar-refractivity contribution in [3.63, 3.8) is 0 Å². The zero-order valence-electron chi connectivity index (χ0n) is 16.8. The van der Waals surface area contributed by atoms with Crippen molar-refractivity contribution in [2.75, 3.05) is 53.0 Å². The molecule has 3 rings (SSSR count). The average Bonchev–Trinajstić information content (AvgIpc) is 2.74. The van der Waals surface area contributed by atoms with E-state index in [1.165, 1.54) is 19.3 Å². The van der Waals surface area contributed by atoms with Gasteiger partial charge in [0, 0.05) is 39.8 Å². The first kappa shape index (κ1) is 20.4. The minimum atomic E-state index is 0.182. The van der Waals surface area contributed by atoms with Crippen LogP contribution in [0.2, 0.25) is 0 Å². The number of ether oxygens (including phenoxy) is 2. The molecule has 3 heterocycles. The second-order valence-electron chi connectivity index (χ2n) is 7.85. The summed E-state index contributed by atoms with van der Waals surface area (Å²) in [5.41, 5.74) is 0. The predicted molar refractivity (Wildman–Crippen MR) is 106 cm³/mol. The first-order valence-electron chi connectivity index (χ1n) is 10.7. The van der Waals surface area contributed by atoms with E-state index in [0.717, 1.165) is 77.5 Å². The Balaban J connectivity index is 1.34. The summed E-state index contributed by atoms with van der Waals surface area (Å²) in [4.78, 5) is 20.9. The van der Waals surface area contributed by atoms with Crippen molar-refractivity contribution in [3.05, 3.63) is 0 Å². The predicted octanol–water partition coefficient (Wildman–Crippen LogP) is 1.62. The molecule has 1 N–H and O–H groups in total. The van der Waals surface area contributed by atoms with E-state index in [2.05, 4.69) is 15.2 Å². The lowest BCUT2D eigenvalue weighted by Crippen LogP contribution is -2.50. The van der Waals surface area contributed by atoms with Crippen LogP contribution in [0.5, 0.6) is 0 Å². The molecule has 0 aromatic heterocycles. The largest absolute Gasteiger partial charge is 0.376 e. The second-order valence-corrected chi connectivity index (χ2v) is 7.85. The maximum Gasteiger partial charge on any atom is 0.241 e. The number of guanidine groups is 1. The molecule has 154 valence electrons. The monoisotopic (exact) mass is 380 g/mol. The molecule has 1 unspecified atom stereocenters. The Morgan fingerprint density at radius 2 is 1.81 bits per heavy atom. The van der Waals surface area contributed by atoms with Gasteiger partial charge in [0.05, 0.1) is 25.4 Å². The van der Waals surface area contributed by atoms with Crippen LogP contribution in [0.1, 0.15) is 51.4 Å². The third-order valence-electron chi connectivity index (χ3n) is 5.85. The van der Waals surface area contributed by atoms with Crippen molar-refractivity contribution in [2.45, 2.75) is 63.6 Å². The molecule has 0 saturated carbocycles. The molecule has 7 nitrogen and oxygen atoms in total. The zero-order valence-corrected chi connectivity index (χ0v) is 16.8. The van der Waals surface area contributed by atoms with Crippen LogP contribution in [0.4, 0.5) is 0 Å². The summed E-state index contributed by atoms with van der Waals surface area (Å²) in [6.07, 6.45) is 9.63. The topological polar surface area (TPSA) is 66.4 Å². The molecule has 3 aliphatic heterocycles. The zero-order chi connectivity index (χ0) is 18.9. The molecule has 7 heteroatoms. The van der Waals surface area contributed by atoms with Crippen molar-refractivity contribution in [1.82, 2.24) is 15.1 Å². The van der Waals surface area contributed by atoms with Crippen molar-refractivity contribution in [3.8, 4) is 0 Å². The number of carbonyl (C=O) groups is 1. The van der Waals surface area contributed by atoms with Gasteiger partial charge in [-0.1, -0.05) is 0 Å². The summed E-state index contributed by atoms with van der Waals surface area (Å²) in [5.74, 6) is 1.01. The molecular formula is C20H36N4O3. The maximum atomic E-state index is 12.3. The number of nitrogens with zero attached hydrogens (tertiary/aromatic N) is 3. The van der Waals surface area contributed by atoms with Gasteiger partial charge in [-0.15, -0.1) is 0 Å². The Hall–Kier alpha value is -1.34. The van der Waals surface area contributed by atoms with Crippen molar-refractivity contribution < 1.29 is 14.3 Å². The number of likely N-dealkylation sites (tertiary alicyclic amines) is 2. The number of aliphatic imine (C=N–C) groups is 1. The first-order valence-corrected chi connectivity index (χ1v) is 10.7. The Kier molecular flexibility index (Phi) is 8.20. The standard InChI is InChI=1S/C20H36N4O3/c1-21-20(22-15-19(25)23-10-4-2-5-11-23)24-12-8-17(9-13-24)27-16-18-7-3-6-14-26-18/h17-18H,2-16H2,1H3,(H,21,22). The average molecular weight is 381 g/mol. The van der Waals surface area contributed by atoms with E-state index in [9.17, 15) is 4.79 Å². The highest BCUT2D eigenvalue weighted by molar-refractivity contribution is 5.86. The normalized spacial score (nSPS) is 25.5.